The Labute approximate surface area is 171 Å². The van der Waals surface area contributed by atoms with Crippen molar-refractivity contribution in [2.24, 2.45) is 0 Å². The van der Waals surface area contributed by atoms with Crippen LogP contribution in [-0.2, 0) is 5.92 Å². The fourth-order valence-corrected chi connectivity index (χ4v) is 3.80. The van der Waals surface area contributed by atoms with E-state index < -0.39 is 17.8 Å². The van der Waals surface area contributed by atoms with Crippen molar-refractivity contribution >= 4 is 22.4 Å². The van der Waals surface area contributed by atoms with Gasteiger partial charge in [0.25, 0.3) is 5.89 Å². The molecular weight excluding hydrogens is 423 g/mol. The summed E-state index contributed by atoms with van der Waals surface area (Å²) < 4.78 is 74.5. The Balaban J connectivity index is 1.79. The van der Waals surface area contributed by atoms with Crippen LogP contribution in [0.1, 0.15) is 25.0 Å². The predicted octanol–water partition coefficient (Wildman–Crippen LogP) is 4.58. The zero-order chi connectivity index (χ0) is 21.8. The van der Waals surface area contributed by atoms with Gasteiger partial charge in [-0.3, -0.25) is 4.40 Å². The number of nitrogens with zero attached hydrogens (tertiary/aromatic N) is 6. The van der Waals surface area contributed by atoms with Crippen LogP contribution >= 0.6 is 0 Å². The van der Waals surface area contributed by atoms with Crippen LogP contribution in [0.4, 0.5) is 27.6 Å². The van der Waals surface area contributed by atoms with E-state index in [1.54, 1.807) is 12.1 Å². The Hall–Kier alpha value is -3.31. The normalized spacial score (nSPS) is 15.8. The first-order valence-electron chi connectivity index (χ1n) is 9.55. The van der Waals surface area contributed by atoms with E-state index in [2.05, 4.69) is 20.2 Å². The van der Waals surface area contributed by atoms with E-state index in [0.29, 0.717) is 29.8 Å². The monoisotopic (exact) mass is 438 g/mol. The lowest BCUT2D eigenvalue weighted by molar-refractivity contribution is -0.290. The van der Waals surface area contributed by atoms with E-state index in [0.717, 1.165) is 31.7 Å². The standard InChI is InChI=1S/C19H15F5N6O/c20-18(21,19(22,23)24)14-8-13(29-6-2-1-3-7-29)11-4-5-15-26-12(17-28-25-10-31-17)9-30(15)16(11)27-14/h4-5,8-10H,1-3,6-7H2. The summed E-state index contributed by atoms with van der Waals surface area (Å²) in [6, 6.07) is 4.11. The summed E-state index contributed by atoms with van der Waals surface area (Å²) in [4.78, 5) is 9.87. The highest BCUT2D eigenvalue weighted by atomic mass is 19.4. The zero-order valence-electron chi connectivity index (χ0n) is 15.9. The van der Waals surface area contributed by atoms with Crippen molar-refractivity contribution in [1.82, 2.24) is 24.6 Å². The highest BCUT2D eigenvalue weighted by Gasteiger charge is 2.60. The van der Waals surface area contributed by atoms with Gasteiger partial charge in [-0.2, -0.15) is 22.0 Å². The van der Waals surface area contributed by atoms with Crippen LogP contribution in [0.25, 0.3) is 28.3 Å². The largest absolute Gasteiger partial charge is 0.459 e. The van der Waals surface area contributed by atoms with Crippen molar-refractivity contribution in [2.75, 3.05) is 18.0 Å². The molecule has 0 amide bonds. The first-order valence-corrected chi connectivity index (χ1v) is 9.55. The second-order valence-electron chi connectivity index (χ2n) is 7.32. The average molecular weight is 438 g/mol. The highest BCUT2D eigenvalue weighted by molar-refractivity contribution is 5.92. The lowest BCUT2D eigenvalue weighted by atomic mass is 10.1. The van der Waals surface area contributed by atoms with Gasteiger partial charge in [-0.1, -0.05) is 0 Å². The maximum absolute atomic E-state index is 14.3. The molecule has 1 aliphatic heterocycles. The maximum atomic E-state index is 14.3. The molecule has 12 heteroatoms. The first kappa shape index (κ1) is 19.6. The summed E-state index contributed by atoms with van der Waals surface area (Å²) in [6.07, 6.45) is -0.623. The number of hydrogen-bond acceptors (Lipinski definition) is 6. The van der Waals surface area contributed by atoms with Crippen LogP contribution in [0.2, 0.25) is 0 Å². The molecule has 1 aliphatic rings. The van der Waals surface area contributed by atoms with Crippen LogP contribution in [0.15, 0.2) is 35.2 Å². The van der Waals surface area contributed by atoms with Crippen molar-refractivity contribution in [3.8, 4) is 11.6 Å². The quantitative estimate of drug-likeness (QED) is 0.436. The minimum Gasteiger partial charge on any atom is -0.422 e. The molecule has 1 fully saturated rings. The van der Waals surface area contributed by atoms with Gasteiger partial charge in [0.15, 0.2) is 0 Å². The number of aromatic nitrogens is 5. The topological polar surface area (TPSA) is 72.4 Å². The highest BCUT2D eigenvalue weighted by Crippen LogP contribution is 2.45. The molecule has 0 radical (unpaired) electrons. The maximum Gasteiger partial charge on any atom is 0.459 e. The summed E-state index contributed by atoms with van der Waals surface area (Å²) in [6.45, 7) is 1.12. The summed E-state index contributed by atoms with van der Waals surface area (Å²) in [7, 11) is 0. The minimum atomic E-state index is -5.77. The molecule has 162 valence electrons. The Morgan fingerprint density at radius 1 is 0.968 bits per heavy atom. The van der Waals surface area contributed by atoms with Gasteiger partial charge >= 0.3 is 12.1 Å². The van der Waals surface area contributed by atoms with E-state index >= 15 is 0 Å². The molecule has 4 aromatic rings. The zero-order valence-corrected chi connectivity index (χ0v) is 15.9. The van der Waals surface area contributed by atoms with E-state index in [-0.39, 0.29) is 17.2 Å². The van der Waals surface area contributed by atoms with E-state index in [1.807, 2.05) is 4.90 Å². The van der Waals surface area contributed by atoms with Gasteiger partial charge in [-0.25, -0.2) is 9.97 Å². The van der Waals surface area contributed by atoms with Crippen molar-refractivity contribution < 1.29 is 26.4 Å². The van der Waals surface area contributed by atoms with Gasteiger partial charge in [0.1, 0.15) is 22.7 Å². The SMILES string of the molecule is FC(F)(F)C(F)(F)c1cc(N2CCCCC2)c2ccc3nc(-c4nnco4)cn3c2n1. The Morgan fingerprint density at radius 2 is 1.74 bits per heavy atom. The Morgan fingerprint density at radius 3 is 2.42 bits per heavy atom. The number of pyridine rings is 2. The average Bonchev–Trinajstić information content (AvgIpc) is 3.42. The molecule has 1 saturated heterocycles. The molecule has 5 heterocycles. The molecule has 0 N–H and O–H groups in total. The third-order valence-corrected chi connectivity index (χ3v) is 5.33. The predicted molar refractivity (Wildman–Crippen MR) is 99.8 cm³/mol. The minimum absolute atomic E-state index is 0.0576. The van der Waals surface area contributed by atoms with Gasteiger partial charge in [0, 0.05) is 30.4 Å². The third kappa shape index (κ3) is 3.17. The molecule has 7 nitrogen and oxygen atoms in total. The van der Waals surface area contributed by atoms with Crippen LogP contribution < -0.4 is 4.90 Å². The van der Waals surface area contributed by atoms with Crippen molar-refractivity contribution in [2.45, 2.75) is 31.4 Å². The summed E-state index contributed by atoms with van der Waals surface area (Å²) in [5, 5.41) is 7.77. The van der Waals surface area contributed by atoms with Gasteiger partial charge < -0.3 is 9.32 Å². The van der Waals surface area contributed by atoms with Gasteiger partial charge in [-0.05, 0) is 37.5 Å². The second-order valence-corrected chi connectivity index (χ2v) is 7.32. The summed E-state index contributed by atoms with van der Waals surface area (Å²) >= 11 is 0. The van der Waals surface area contributed by atoms with E-state index in [4.69, 9.17) is 4.42 Å². The van der Waals surface area contributed by atoms with Crippen molar-refractivity contribution in [3.63, 3.8) is 0 Å². The number of anilines is 1. The Kier molecular flexibility index (Phi) is 4.34. The number of rotatable bonds is 3. The number of alkyl halides is 5. The fraction of sp³-hybridized carbons (Fsp3) is 0.368. The van der Waals surface area contributed by atoms with Crippen molar-refractivity contribution in [1.29, 1.82) is 0 Å². The second kappa shape index (κ2) is 6.86. The smallest absolute Gasteiger partial charge is 0.422 e. The summed E-state index contributed by atoms with van der Waals surface area (Å²) in [5.74, 6) is -5.02. The molecule has 0 spiro atoms. The molecule has 0 aromatic carbocycles. The fourth-order valence-electron chi connectivity index (χ4n) is 3.80. The van der Waals surface area contributed by atoms with Crippen molar-refractivity contribution in [3.05, 3.63) is 36.5 Å². The number of piperidine rings is 1. The van der Waals surface area contributed by atoms with Gasteiger partial charge in [-0.15, -0.1) is 10.2 Å². The number of halogens is 5. The number of fused-ring (bicyclic) bond motifs is 3. The van der Waals surface area contributed by atoms with Crippen LogP contribution in [0.3, 0.4) is 0 Å². The molecule has 0 aliphatic carbocycles. The van der Waals surface area contributed by atoms with Crippen LogP contribution in [-0.4, -0.2) is 43.8 Å². The molecule has 5 rings (SSSR count). The van der Waals surface area contributed by atoms with Crippen LogP contribution in [0, 0.1) is 0 Å². The first-order chi connectivity index (χ1) is 14.8. The molecule has 0 bridgehead atoms. The number of hydrogen-bond donors (Lipinski definition) is 0. The van der Waals surface area contributed by atoms with Crippen LogP contribution in [0.5, 0.6) is 0 Å². The lowest BCUT2D eigenvalue weighted by Gasteiger charge is -2.31. The molecule has 0 unspecified atom stereocenters. The summed E-state index contributed by atoms with van der Waals surface area (Å²) in [5.41, 5.74) is -0.575. The third-order valence-electron chi connectivity index (χ3n) is 5.33. The van der Waals surface area contributed by atoms with Gasteiger partial charge in [0.05, 0.1) is 0 Å². The van der Waals surface area contributed by atoms with E-state index in [9.17, 15) is 22.0 Å². The molecule has 0 atom stereocenters. The molecule has 31 heavy (non-hydrogen) atoms. The molecular formula is C19H15F5N6O. The number of imidazole rings is 1. The molecule has 4 aromatic heterocycles. The molecule has 0 saturated carbocycles. The van der Waals surface area contributed by atoms with Gasteiger partial charge in [0.2, 0.25) is 6.39 Å². The van der Waals surface area contributed by atoms with E-state index in [1.165, 1.54) is 10.6 Å². The lowest BCUT2D eigenvalue weighted by Crippen LogP contribution is -2.35. The Bertz CT molecular complexity index is 1240.